The van der Waals surface area contributed by atoms with E-state index in [1.807, 2.05) is 0 Å². The third kappa shape index (κ3) is 3.26. The van der Waals surface area contributed by atoms with Gasteiger partial charge in [-0.2, -0.15) is 0 Å². The fourth-order valence-corrected chi connectivity index (χ4v) is 1.54. The van der Waals surface area contributed by atoms with Crippen LogP contribution in [0, 0.1) is 0 Å². The Bertz CT molecular complexity index is 445. The van der Waals surface area contributed by atoms with Crippen LogP contribution in [0.5, 0.6) is 11.5 Å². The largest absolute Gasteiger partial charge is 0.573 e. The number of halogens is 4. The van der Waals surface area contributed by atoms with Crippen LogP contribution < -0.4 is 9.47 Å². The molecule has 0 aliphatic carbocycles. The van der Waals surface area contributed by atoms with Crippen LogP contribution in [0.4, 0.5) is 13.2 Å². The van der Waals surface area contributed by atoms with Crippen molar-refractivity contribution in [3.63, 3.8) is 0 Å². The minimum absolute atomic E-state index is 0.131. The maximum Gasteiger partial charge on any atom is 0.573 e. The molecular formula is C9H6BrF3O4. The van der Waals surface area contributed by atoms with Gasteiger partial charge in [0.1, 0.15) is 11.3 Å². The molecule has 4 nitrogen and oxygen atoms in total. The van der Waals surface area contributed by atoms with Gasteiger partial charge < -0.3 is 14.6 Å². The van der Waals surface area contributed by atoms with Crippen molar-refractivity contribution in [3.05, 3.63) is 22.2 Å². The number of ether oxygens (including phenoxy) is 2. The molecule has 17 heavy (non-hydrogen) atoms. The molecule has 0 saturated heterocycles. The van der Waals surface area contributed by atoms with E-state index in [-0.39, 0.29) is 10.2 Å². The van der Waals surface area contributed by atoms with E-state index in [4.69, 9.17) is 5.11 Å². The third-order valence-corrected chi connectivity index (χ3v) is 2.35. The number of carbonyl (C=O) groups is 1. The quantitative estimate of drug-likeness (QED) is 0.931. The second kappa shape index (κ2) is 4.82. The van der Waals surface area contributed by atoms with Crippen LogP contribution in [0.25, 0.3) is 0 Å². The Morgan fingerprint density at radius 3 is 2.41 bits per heavy atom. The number of benzene rings is 1. The van der Waals surface area contributed by atoms with Crippen LogP contribution >= 0.6 is 15.9 Å². The molecule has 1 aromatic carbocycles. The summed E-state index contributed by atoms with van der Waals surface area (Å²) in [5, 5.41) is 8.85. The highest BCUT2D eigenvalue weighted by Crippen LogP contribution is 2.38. The maximum atomic E-state index is 12.1. The highest BCUT2D eigenvalue weighted by molar-refractivity contribution is 9.10. The topological polar surface area (TPSA) is 55.8 Å². The first-order valence-corrected chi connectivity index (χ1v) is 4.91. The Balaban J connectivity index is 3.39. The molecule has 8 heteroatoms. The lowest BCUT2D eigenvalue weighted by atomic mass is 10.2. The predicted molar refractivity (Wildman–Crippen MR) is 54.3 cm³/mol. The normalized spacial score (nSPS) is 11.1. The van der Waals surface area contributed by atoms with Crippen LogP contribution in [-0.2, 0) is 0 Å². The van der Waals surface area contributed by atoms with Gasteiger partial charge in [-0.1, -0.05) is 0 Å². The summed E-state index contributed by atoms with van der Waals surface area (Å²) in [5.74, 6) is -2.65. The molecule has 0 atom stereocenters. The van der Waals surface area contributed by atoms with Crippen molar-refractivity contribution in [1.29, 1.82) is 0 Å². The van der Waals surface area contributed by atoms with Crippen molar-refractivity contribution >= 4 is 21.9 Å². The standard InChI is InChI=1S/C9H6BrF3O4/c1-16-5-3-2-4(10)7(6(5)8(14)15)17-9(11,12)13/h2-3H,1H3,(H,14,15). The van der Waals surface area contributed by atoms with Gasteiger partial charge in [-0.15, -0.1) is 13.2 Å². The molecular weight excluding hydrogens is 309 g/mol. The summed E-state index contributed by atoms with van der Waals surface area (Å²) in [7, 11) is 1.15. The summed E-state index contributed by atoms with van der Waals surface area (Å²) in [6.07, 6.45) is -4.99. The molecule has 0 unspecified atom stereocenters. The molecule has 0 spiro atoms. The monoisotopic (exact) mass is 314 g/mol. The molecule has 0 fully saturated rings. The molecule has 0 bridgehead atoms. The van der Waals surface area contributed by atoms with Crippen molar-refractivity contribution in [2.24, 2.45) is 0 Å². The van der Waals surface area contributed by atoms with Gasteiger partial charge in [-0.05, 0) is 28.1 Å². The number of alkyl halides is 3. The smallest absolute Gasteiger partial charge is 0.496 e. The van der Waals surface area contributed by atoms with Gasteiger partial charge in [0.25, 0.3) is 0 Å². The number of hydrogen-bond acceptors (Lipinski definition) is 3. The minimum atomic E-state index is -4.99. The lowest BCUT2D eigenvalue weighted by Gasteiger charge is -2.15. The number of methoxy groups -OCH3 is 1. The van der Waals surface area contributed by atoms with Crippen LogP contribution in [-0.4, -0.2) is 24.5 Å². The van der Waals surface area contributed by atoms with E-state index in [0.717, 1.165) is 7.11 Å². The van der Waals surface area contributed by atoms with Crippen LogP contribution in [0.2, 0.25) is 0 Å². The number of carboxylic acid groups (broad SMARTS) is 1. The predicted octanol–water partition coefficient (Wildman–Crippen LogP) is 3.05. The SMILES string of the molecule is COc1ccc(Br)c(OC(F)(F)F)c1C(=O)O. The van der Waals surface area contributed by atoms with Crippen molar-refractivity contribution in [2.45, 2.75) is 6.36 Å². The first-order valence-electron chi connectivity index (χ1n) is 4.11. The van der Waals surface area contributed by atoms with E-state index in [2.05, 4.69) is 25.4 Å². The van der Waals surface area contributed by atoms with Crippen LogP contribution in [0.3, 0.4) is 0 Å². The van der Waals surface area contributed by atoms with E-state index < -0.39 is 23.6 Å². The fraction of sp³-hybridized carbons (Fsp3) is 0.222. The Labute approximate surface area is 102 Å². The third-order valence-electron chi connectivity index (χ3n) is 1.72. The molecule has 0 aliphatic heterocycles. The Morgan fingerprint density at radius 1 is 1.41 bits per heavy atom. The zero-order valence-corrected chi connectivity index (χ0v) is 9.92. The second-order valence-electron chi connectivity index (χ2n) is 2.81. The summed E-state index contributed by atoms with van der Waals surface area (Å²) in [6.45, 7) is 0. The highest BCUT2D eigenvalue weighted by atomic mass is 79.9. The van der Waals surface area contributed by atoms with Gasteiger partial charge in [0, 0.05) is 0 Å². The summed E-state index contributed by atoms with van der Waals surface area (Å²) >= 11 is 2.79. The molecule has 1 rings (SSSR count). The molecule has 1 aromatic rings. The van der Waals surface area contributed by atoms with E-state index in [0.29, 0.717) is 0 Å². The van der Waals surface area contributed by atoms with Crippen molar-refractivity contribution in [1.82, 2.24) is 0 Å². The zero-order chi connectivity index (χ0) is 13.2. The van der Waals surface area contributed by atoms with E-state index >= 15 is 0 Å². The molecule has 0 aromatic heterocycles. The van der Waals surface area contributed by atoms with E-state index in [9.17, 15) is 18.0 Å². The molecule has 0 radical (unpaired) electrons. The van der Waals surface area contributed by atoms with Crippen LogP contribution in [0.1, 0.15) is 10.4 Å². The Kier molecular flexibility index (Phi) is 3.87. The van der Waals surface area contributed by atoms with Gasteiger partial charge in [-0.25, -0.2) is 4.79 Å². The Hall–Kier alpha value is -1.44. The number of rotatable bonds is 3. The van der Waals surface area contributed by atoms with E-state index in [1.165, 1.54) is 12.1 Å². The lowest BCUT2D eigenvalue weighted by molar-refractivity contribution is -0.275. The summed E-state index contributed by atoms with van der Waals surface area (Å²) in [5.41, 5.74) is -0.695. The first-order chi connectivity index (χ1) is 7.76. The number of carboxylic acids is 1. The summed E-state index contributed by atoms with van der Waals surface area (Å²) < 4.78 is 44.6. The molecule has 0 aliphatic rings. The van der Waals surface area contributed by atoms with Gasteiger partial charge in [0.2, 0.25) is 0 Å². The summed E-state index contributed by atoms with van der Waals surface area (Å²) in [4.78, 5) is 10.9. The van der Waals surface area contributed by atoms with Gasteiger partial charge >= 0.3 is 12.3 Å². The number of aromatic carboxylic acids is 1. The van der Waals surface area contributed by atoms with Crippen molar-refractivity contribution in [2.75, 3.05) is 7.11 Å². The average molecular weight is 315 g/mol. The zero-order valence-electron chi connectivity index (χ0n) is 8.34. The average Bonchev–Trinajstić information content (AvgIpc) is 2.18. The Morgan fingerprint density at radius 2 is 2.00 bits per heavy atom. The minimum Gasteiger partial charge on any atom is -0.496 e. The maximum absolute atomic E-state index is 12.1. The molecule has 0 saturated carbocycles. The second-order valence-corrected chi connectivity index (χ2v) is 3.66. The lowest BCUT2D eigenvalue weighted by Crippen LogP contribution is -2.19. The van der Waals surface area contributed by atoms with Crippen molar-refractivity contribution in [3.8, 4) is 11.5 Å². The molecule has 0 amide bonds. The number of hydrogen-bond donors (Lipinski definition) is 1. The fourth-order valence-electron chi connectivity index (χ4n) is 1.13. The van der Waals surface area contributed by atoms with Gasteiger partial charge in [-0.3, -0.25) is 0 Å². The van der Waals surface area contributed by atoms with Crippen molar-refractivity contribution < 1.29 is 32.5 Å². The van der Waals surface area contributed by atoms with Gasteiger partial charge in [0.15, 0.2) is 5.75 Å². The molecule has 94 valence electrons. The van der Waals surface area contributed by atoms with E-state index in [1.54, 1.807) is 0 Å². The first kappa shape index (κ1) is 13.6. The highest BCUT2D eigenvalue weighted by Gasteiger charge is 2.35. The molecule has 1 N–H and O–H groups in total. The van der Waals surface area contributed by atoms with Crippen LogP contribution in [0.15, 0.2) is 16.6 Å². The summed E-state index contributed by atoms with van der Waals surface area (Å²) in [6, 6.07) is 2.42. The molecule has 0 heterocycles. The van der Waals surface area contributed by atoms with Gasteiger partial charge in [0.05, 0.1) is 11.6 Å².